The van der Waals surface area contributed by atoms with Crippen LogP contribution >= 0.6 is 0 Å². The number of aliphatic imine (C=N–C) groups is 1. The molecule has 0 spiro atoms. The van der Waals surface area contributed by atoms with E-state index in [1.165, 1.54) is 6.92 Å². The number of aliphatic hydroxyl groups excluding tert-OH is 1. The maximum Gasteiger partial charge on any atom is 0.343 e. The van der Waals surface area contributed by atoms with E-state index >= 15 is 0 Å². The first-order chi connectivity index (χ1) is 11.7. The average molecular weight is 367 g/mol. The summed E-state index contributed by atoms with van der Waals surface area (Å²) in [7, 11) is 0. The highest BCUT2D eigenvalue weighted by Crippen LogP contribution is 2.31. The van der Waals surface area contributed by atoms with E-state index in [4.69, 9.17) is 0 Å². The summed E-state index contributed by atoms with van der Waals surface area (Å²) in [6.07, 6.45) is -0.665. The van der Waals surface area contributed by atoms with Crippen molar-refractivity contribution in [3.63, 3.8) is 0 Å². The number of hydrogen-bond acceptors (Lipinski definition) is 4. The number of nitrogens with zero attached hydrogens (tertiary/aromatic N) is 1. The van der Waals surface area contributed by atoms with Crippen LogP contribution in [0.1, 0.15) is 18.9 Å². The van der Waals surface area contributed by atoms with Gasteiger partial charge in [-0.05, 0) is 6.92 Å². The third kappa shape index (κ3) is 3.62. The zero-order valence-electron chi connectivity index (χ0n) is 12.6. The number of hydrogen-bond donors (Lipinski definition) is 1. The van der Waals surface area contributed by atoms with Crippen LogP contribution in [0.5, 0.6) is 0 Å². The van der Waals surface area contributed by atoms with Crippen LogP contribution in [0.15, 0.2) is 10.6 Å². The number of aliphatic hydroxyl groups is 1. The van der Waals surface area contributed by atoms with Crippen LogP contribution < -0.4 is 0 Å². The van der Waals surface area contributed by atoms with Gasteiger partial charge < -0.3 is 9.84 Å². The molecule has 136 valence electrons. The fraction of sp³-hybridized carbons (Fsp3) is 0.333. The Labute approximate surface area is 137 Å². The van der Waals surface area contributed by atoms with Gasteiger partial charge >= 0.3 is 5.97 Å². The molecule has 0 heterocycles. The van der Waals surface area contributed by atoms with Crippen molar-refractivity contribution in [2.75, 3.05) is 6.61 Å². The molecule has 1 aliphatic rings. The molecule has 1 N–H and O–H groups in total. The number of halogens is 6. The topological polar surface area (TPSA) is 58.9 Å². The highest BCUT2D eigenvalue weighted by molar-refractivity contribution is 6.15. The summed E-state index contributed by atoms with van der Waals surface area (Å²) in [5.41, 5.74) is -2.68. The van der Waals surface area contributed by atoms with Gasteiger partial charge in [-0.15, -0.1) is 0 Å². The molecule has 1 fully saturated rings. The highest BCUT2D eigenvalue weighted by atomic mass is 19.2. The van der Waals surface area contributed by atoms with Crippen LogP contribution in [0.3, 0.4) is 0 Å². The van der Waals surface area contributed by atoms with E-state index < -0.39 is 64.2 Å². The molecular formula is C15H11F6NO3. The summed E-state index contributed by atoms with van der Waals surface area (Å²) in [5.74, 6) is -14.6. The molecule has 1 saturated carbocycles. The minimum atomic E-state index is -2.42. The predicted octanol–water partition coefficient (Wildman–Crippen LogP) is 3.40. The van der Waals surface area contributed by atoms with Crippen molar-refractivity contribution < 1.29 is 41.0 Å². The van der Waals surface area contributed by atoms with Gasteiger partial charge in [0.1, 0.15) is 17.5 Å². The van der Waals surface area contributed by atoms with Crippen molar-refractivity contribution in [3.8, 4) is 0 Å². The number of carbonyl (C=O) groups excluding carboxylic acids is 1. The van der Waals surface area contributed by atoms with Crippen molar-refractivity contribution in [2.24, 2.45) is 4.99 Å². The molecule has 0 saturated heterocycles. The van der Waals surface area contributed by atoms with Gasteiger partial charge in [0.05, 0.1) is 18.2 Å². The van der Waals surface area contributed by atoms with Crippen molar-refractivity contribution in [2.45, 2.75) is 25.6 Å². The molecule has 0 amide bonds. The quantitative estimate of drug-likeness (QED) is 0.165. The normalized spacial score (nSPS) is 20.6. The monoisotopic (exact) mass is 367 g/mol. The standard InChI is InChI=1S/C15H11F6NO3/c1-2-25-15(24)5(4-22-7-3-6(7)16)14(23)8-9(17)11(19)13(21)12(20)10(8)18/h4,6-7,23H,2-3H2,1H3/b14-5-,22-4?/t6-,7-/m1/s1. The molecule has 0 unspecified atom stereocenters. The number of rotatable bonds is 5. The lowest BCUT2D eigenvalue weighted by molar-refractivity contribution is -0.137. The van der Waals surface area contributed by atoms with E-state index in [1.807, 2.05) is 0 Å². The van der Waals surface area contributed by atoms with Crippen molar-refractivity contribution in [1.82, 2.24) is 0 Å². The van der Waals surface area contributed by atoms with Gasteiger partial charge in [0.2, 0.25) is 5.82 Å². The molecule has 1 aromatic rings. The first-order valence-corrected chi connectivity index (χ1v) is 7.00. The number of benzene rings is 1. The number of carbonyl (C=O) groups is 1. The Morgan fingerprint density at radius 1 is 1.16 bits per heavy atom. The van der Waals surface area contributed by atoms with Crippen molar-refractivity contribution >= 4 is 17.9 Å². The average Bonchev–Trinajstić information content (AvgIpc) is 3.27. The smallest absolute Gasteiger partial charge is 0.343 e. The fourth-order valence-electron chi connectivity index (χ4n) is 1.84. The second kappa shape index (κ2) is 7.16. The van der Waals surface area contributed by atoms with Gasteiger partial charge in [0.15, 0.2) is 23.3 Å². The molecule has 1 aliphatic carbocycles. The summed E-state index contributed by atoms with van der Waals surface area (Å²) in [6.45, 7) is 1.16. The molecule has 2 rings (SSSR count). The predicted molar refractivity (Wildman–Crippen MR) is 74.2 cm³/mol. The van der Waals surface area contributed by atoms with Crippen LogP contribution in [-0.4, -0.2) is 36.1 Å². The third-order valence-electron chi connectivity index (χ3n) is 3.27. The van der Waals surface area contributed by atoms with Crippen LogP contribution in [-0.2, 0) is 9.53 Å². The molecule has 1 aromatic carbocycles. The molecule has 4 nitrogen and oxygen atoms in total. The maximum atomic E-state index is 13.8. The van der Waals surface area contributed by atoms with E-state index in [9.17, 15) is 36.2 Å². The SMILES string of the molecule is CCOC(=O)/C(C=N[C@@H]1C[C@H]1F)=C(\O)c1c(F)c(F)c(F)c(F)c1F. The largest absolute Gasteiger partial charge is 0.506 e. The first-order valence-electron chi connectivity index (χ1n) is 7.00. The van der Waals surface area contributed by atoms with Gasteiger partial charge in [-0.2, -0.15) is 0 Å². The van der Waals surface area contributed by atoms with Crippen molar-refractivity contribution in [1.29, 1.82) is 0 Å². The minimum absolute atomic E-state index is 0.0376. The Balaban J connectivity index is 2.62. The molecule has 25 heavy (non-hydrogen) atoms. The molecular weight excluding hydrogens is 356 g/mol. The number of alkyl halides is 1. The molecule has 0 radical (unpaired) electrons. The molecule has 0 bridgehead atoms. The van der Waals surface area contributed by atoms with E-state index in [2.05, 4.69) is 9.73 Å². The zero-order chi connectivity index (χ0) is 18.9. The Morgan fingerprint density at radius 3 is 2.08 bits per heavy atom. The molecule has 2 atom stereocenters. The lowest BCUT2D eigenvalue weighted by atomic mass is 10.1. The fourth-order valence-corrected chi connectivity index (χ4v) is 1.84. The van der Waals surface area contributed by atoms with Crippen LogP contribution in [0.2, 0.25) is 0 Å². The van der Waals surface area contributed by atoms with E-state index in [1.54, 1.807) is 0 Å². The summed E-state index contributed by atoms with van der Waals surface area (Å²) < 4.78 is 84.5. The minimum Gasteiger partial charge on any atom is -0.506 e. The Morgan fingerprint density at radius 2 is 1.64 bits per heavy atom. The highest BCUT2D eigenvalue weighted by Gasteiger charge is 2.37. The van der Waals surface area contributed by atoms with Gasteiger partial charge in [0, 0.05) is 12.6 Å². The number of ether oxygens (including phenoxy) is 1. The molecule has 0 aliphatic heterocycles. The van der Waals surface area contributed by atoms with Crippen LogP contribution in [0, 0.1) is 29.1 Å². The summed E-state index contributed by atoms with van der Waals surface area (Å²) in [4.78, 5) is 15.4. The second-order valence-corrected chi connectivity index (χ2v) is 5.02. The van der Waals surface area contributed by atoms with Crippen LogP contribution in [0.25, 0.3) is 5.76 Å². The lowest BCUT2D eigenvalue weighted by Gasteiger charge is -2.10. The summed E-state index contributed by atoms with van der Waals surface area (Å²) >= 11 is 0. The summed E-state index contributed by atoms with van der Waals surface area (Å²) in [6, 6.07) is -0.825. The second-order valence-electron chi connectivity index (χ2n) is 5.02. The van der Waals surface area contributed by atoms with Gasteiger partial charge in [-0.1, -0.05) is 0 Å². The van der Waals surface area contributed by atoms with Crippen LogP contribution in [0.4, 0.5) is 26.3 Å². The first kappa shape index (κ1) is 18.8. The lowest BCUT2D eigenvalue weighted by Crippen LogP contribution is -2.14. The molecule has 0 aromatic heterocycles. The van der Waals surface area contributed by atoms with Gasteiger partial charge in [0.25, 0.3) is 0 Å². The Kier molecular flexibility index (Phi) is 5.39. The van der Waals surface area contributed by atoms with E-state index in [0.717, 1.165) is 0 Å². The Hall–Kier alpha value is -2.52. The van der Waals surface area contributed by atoms with Gasteiger partial charge in [-0.3, -0.25) is 4.99 Å². The third-order valence-corrected chi connectivity index (χ3v) is 3.27. The van der Waals surface area contributed by atoms with E-state index in [-0.39, 0.29) is 13.0 Å². The maximum absolute atomic E-state index is 13.8. The summed E-state index contributed by atoms with van der Waals surface area (Å²) in [5, 5.41) is 9.94. The molecule has 10 heteroatoms. The number of esters is 1. The van der Waals surface area contributed by atoms with Gasteiger partial charge in [-0.25, -0.2) is 31.1 Å². The van der Waals surface area contributed by atoms with Crippen molar-refractivity contribution in [3.05, 3.63) is 40.2 Å². The Bertz CT molecular complexity index is 748. The zero-order valence-corrected chi connectivity index (χ0v) is 12.6. The van der Waals surface area contributed by atoms with E-state index in [0.29, 0.717) is 6.21 Å².